The molecule has 1 aromatic carbocycles. The maximum absolute atomic E-state index is 9.37. The van der Waals surface area contributed by atoms with Gasteiger partial charge in [-0.1, -0.05) is 38.8 Å². The summed E-state index contributed by atoms with van der Waals surface area (Å²) >= 11 is 0. The summed E-state index contributed by atoms with van der Waals surface area (Å²) in [6.45, 7) is 19.0. The van der Waals surface area contributed by atoms with Gasteiger partial charge < -0.3 is 0 Å². The van der Waals surface area contributed by atoms with E-state index in [4.69, 9.17) is 13.1 Å². The fraction of sp³-hybridized carbons (Fsp3) is 0.391. The summed E-state index contributed by atoms with van der Waals surface area (Å²) in [5, 5.41) is 18.7. The Labute approximate surface area is 161 Å². The molecule has 0 spiro atoms. The third kappa shape index (κ3) is 4.08. The zero-order valence-corrected chi connectivity index (χ0v) is 15.9. The Bertz CT molecular complexity index is 855. The van der Waals surface area contributed by atoms with Gasteiger partial charge in [0.15, 0.2) is 0 Å². The Kier molecular flexibility index (Phi) is 6.94. The third-order valence-electron chi connectivity index (χ3n) is 4.95. The molecule has 1 aliphatic carbocycles. The summed E-state index contributed by atoms with van der Waals surface area (Å²) in [6, 6.07) is 8.16. The number of unbranched alkanes of at least 4 members (excludes halogenated alkanes) is 2. The molecule has 0 saturated carbocycles. The number of allylic oxidation sites excluding steroid dienone is 4. The molecule has 2 rings (SSSR count). The number of aryl methyl sites for hydroxylation is 2. The minimum Gasteiger partial charge on any atom is -0.226 e. The van der Waals surface area contributed by atoms with E-state index in [1.807, 2.05) is 12.1 Å². The lowest BCUT2D eigenvalue weighted by atomic mass is 9.91. The normalized spacial score (nSPS) is 15.8. The average molecular weight is 354 g/mol. The lowest BCUT2D eigenvalue weighted by molar-refractivity contribution is 0.758. The first-order valence-electron chi connectivity index (χ1n) is 9.32. The van der Waals surface area contributed by atoms with Crippen molar-refractivity contribution in [3.63, 3.8) is 0 Å². The molecule has 4 nitrogen and oxygen atoms in total. The van der Waals surface area contributed by atoms with Crippen LogP contribution in [-0.4, -0.2) is 0 Å². The molecule has 0 aliphatic heterocycles. The molecule has 0 amide bonds. The third-order valence-corrected chi connectivity index (χ3v) is 4.95. The SMILES string of the molecule is [C-]#[N+]/C(C#N)=C1/C/C(=C(\C#N)[N+]#[C-])c2cc(CCCC)c(CCCC)cc21. The van der Waals surface area contributed by atoms with Crippen LogP contribution in [0.25, 0.3) is 20.8 Å². The standard InChI is InChI=1S/C23H22N4/c1-5-7-9-16-11-18-19(12-17(16)10-8-6-2)21(23(15-25)27-4)13-20(18)22(14-24)26-3/h11-12H,5-10,13H2,1-2H3/b22-20-,23-21-. The molecular formula is C23H22N4. The molecule has 0 radical (unpaired) electrons. The Hall–Kier alpha value is -3.34. The number of hydrogen-bond donors (Lipinski definition) is 0. The van der Waals surface area contributed by atoms with E-state index in [2.05, 4.69) is 35.7 Å². The van der Waals surface area contributed by atoms with Crippen LogP contribution >= 0.6 is 0 Å². The van der Waals surface area contributed by atoms with Crippen molar-refractivity contribution >= 4 is 11.1 Å². The van der Waals surface area contributed by atoms with E-state index in [1.165, 1.54) is 11.1 Å². The molecule has 27 heavy (non-hydrogen) atoms. The molecule has 0 aromatic heterocycles. The summed E-state index contributed by atoms with van der Waals surface area (Å²) < 4.78 is 0. The zero-order valence-electron chi connectivity index (χ0n) is 15.9. The summed E-state index contributed by atoms with van der Waals surface area (Å²) in [5.74, 6) is 0. The molecule has 0 bridgehead atoms. The average Bonchev–Trinajstić information content (AvgIpc) is 3.04. The van der Waals surface area contributed by atoms with Gasteiger partial charge in [0.1, 0.15) is 0 Å². The van der Waals surface area contributed by atoms with Gasteiger partial charge in [0.05, 0.1) is 25.3 Å². The topological polar surface area (TPSA) is 56.3 Å². The van der Waals surface area contributed by atoms with Crippen molar-refractivity contribution in [3.05, 3.63) is 68.6 Å². The minimum absolute atomic E-state index is 0.0521. The highest BCUT2D eigenvalue weighted by atomic mass is 14.7. The van der Waals surface area contributed by atoms with Crippen LogP contribution in [0.5, 0.6) is 0 Å². The van der Waals surface area contributed by atoms with Crippen molar-refractivity contribution in [3.8, 4) is 12.1 Å². The zero-order chi connectivity index (χ0) is 19.8. The Morgan fingerprint density at radius 3 is 1.59 bits per heavy atom. The van der Waals surface area contributed by atoms with Crippen LogP contribution in [0.3, 0.4) is 0 Å². The second kappa shape index (κ2) is 9.38. The van der Waals surface area contributed by atoms with Crippen LogP contribution in [0.2, 0.25) is 0 Å². The Morgan fingerprint density at radius 1 is 0.889 bits per heavy atom. The summed E-state index contributed by atoms with van der Waals surface area (Å²) in [5.41, 5.74) is 5.60. The molecule has 0 N–H and O–H groups in total. The van der Waals surface area contributed by atoms with E-state index >= 15 is 0 Å². The van der Waals surface area contributed by atoms with Gasteiger partial charge in [0.2, 0.25) is 0 Å². The molecule has 0 saturated heterocycles. The fourth-order valence-corrected chi connectivity index (χ4v) is 3.50. The first kappa shape index (κ1) is 20.0. The molecule has 1 aromatic rings. The smallest absolute Gasteiger partial charge is 0.226 e. The maximum atomic E-state index is 9.37. The van der Waals surface area contributed by atoms with E-state index in [9.17, 15) is 10.5 Å². The molecule has 0 unspecified atom stereocenters. The van der Waals surface area contributed by atoms with Crippen molar-refractivity contribution in [2.45, 2.75) is 58.8 Å². The predicted octanol–water partition coefficient (Wildman–Crippen LogP) is 6.08. The van der Waals surface area contributed by atoms with E-state index in [1.54, 1.807) is 0 Å². The van der Waals surface area contributed by atoms with Crippen molar-refractivity contribution < 1.29 is 0 Å². The number of fused-ring (bicyclic) bond motifs is 1. The van der Waals surface area contributed by atoms with Gasteiger partial charge >= 0.3 is 0 Å². The van der Waals surface area contributed by atoms with Gasteiger partial charge in [-0.3, -0.25) is 0 Å². The number of nitriles is 2. The van der Waals surface area contributed by atoms with Gasteiger partial charge in [-0.05, 0) is 65.5 Å². The number of nitrogens with zero attached hydrogens (tertiary/aromatic N) is 4. The first-order chi connectivity index (χ1) is 13.1. The summed E-state index contributed by atoms with van der Waals surface area (Å²) in [4.78, 5) is 6.76. The van der Waals surface area contributed by atoms with Gasteiger partial charge in [-0.2, -0.15) is 0 Å². The molecule has 4 heteroatoms. The van der Waals surface area contributed by atoms with E-state index < -0.39 is 0 Å². The highest BCUT2D eigenvalue weighted by Gasteiger charge is 2.28. The summed E-state index contributed by atoms with van der Waals surface area (Å²) in [7, 11) is 0. The van der Waals surface area contributed by atoms with Crippen LogP contribution in [0.4, 0.5) is 0 Å². The van der Waals surface area contributed by atoms with Crippen LogP contribution in [-0.2, 0) is 12.8 Å². The van der Waals surface area contributed by atoms with Gasteiger partial charge in [0, 0.05) is 0 Å². The van der Waals surface area contributed by atoms with Crippen LogP contribution < -0.4 is 0 Å². The van der Waals surface area contributed by atoms with Crippen LogP contribution in [0.15, 0.2) is 23.5 Å². The van der Waals surface area contributed by atoms with E-state index in [0.717, 1.165) is 49.7 Å². The number of benzene rings is 1. The maximum Gasteiger partial charge on any atom is 0.265 e. The first-order valence-corrected chi connectivity index (χ1v) is 9.32. The predicted molar refractivity (Wildman–Crippen MR) is 107 cm³/mol. The Morgan fingerprint density at radius 2 is 1.30 bits per heavy atom. The van der Waals surface area contributed by atoms with Gasteiger partial charge in [0.25, 0.3) is 11.4 Å². The van der Waals surface area contributed by atoms with Crippen molar-refractivity contribution in [2.24, 2.45) is 0 Å². The highest BCUT2D eigenvalue weighted by Crippen LogP contribution is 2.45. The molecular weight excluding hydrogens is 332 g/mol. The molecule has 134 valence electrons. The van der Waals surface area contributed by atoms with E-state index in [-0.39, 0.29) is 11.4 Å². The molecule has 0 atom stereocenters. The monoisotopic (exact) mass is 354 g/mol. The second-order valence-electron chi connectivity index (χ2n) is 6.65. The molecule has 1 aliphatic rings. The van der Waals surface area contributed by atoms with E-state index in [0.29, 0.717) is 17.6 Å². The fourth-order valence-electron chi connectivity index (χ4n) is 3.50. The second-order valence-corrected chi connectivity index (χ2v) is 6.65. The lowest BCUT2D eigenvalue weighted by Crippen LogP contribution is -1.99. The molecule has 0 fully saturated rings. The van der Waals surface area contributed by atoms with Crippen LogP contribution in [0.1, 0.15) is 68.2 Å². The van der Waals surface area contributed by atoms with Crippen molar-refractivity contribution in [2.75, 3.05) is 0 Å². The van der Waals surface area contributed by atoms with Gasteiger partial charge in [-0.25, -0.2) is 20.2 Å². The lowest BCUT2D eigenvalue weighted by Gasteiger charge is -2.14. The highest BCUT2D eigenvalue weighted by molar-refractivity contribution is 5.97. The molecule has 0 heterocycles. The van der Waals surface area contributed by atoms with Crippen LogP contribution in [0, 0.1) is 35.8 Å². The largest absolute Gasteiger partial charge is 0.265 e. The number of hydrogen-bond acceptors (Lipinski definition) is 2. The van der Waals surface area contributed by atoms with Gasteiger partial charge in [-0.15, -0.1) is 0 Å². The number of rotatable bonds is 6. The summed E-state index contributed by atoms with van der Waals surface area (Å²) in [6.07, 6.45) is 6.58. The van der Waals surface area contributed by atoms with Crippen molar-refractivity contribution in [1.29, 1.82) is 10.5 Å². The Balaban J connectivity index is 2.78. The van der Waals surface area contributed by atoms with Crippen molar-refractivity contribution in [1.82, 2.24) is 0 Å². The minimum atomic E-state index is 0.0521. The quantitative estimate of drug-likeness (QED) is 0.459.